The van der Waals surface area contributed by atoms with E-state index >= 15 is 0 Å². The quantitative estimate of drug-likeness (QED) is 0.617. The topological polar surface area (TPSA) is 72.2 Å². The number of nitrogens with one attached hydrogen (secondary N) is 1. The summed E-state index contributed by atoms with van der Waals surface area (Å²) in [6.45, 7) is 4.26. The molecular formula is C17H17ClN2O3. The zero-order chi connectivity index (χ0) is 17.0. The van der Waals surface area contributed by atoms with Crippen molar-refractivity contribution >= 4 is 28.9 Å². The Morgan fingerprint density at radius 2 is 1.91 bits per heavy atom. The second kappa shape index (κ2) is 7.24. The minimum absolute atomic E-state index is 0.00413. The molecule has 0 radical (unpaired) electrons. The van der Waals surface area contributed by atoms with E-state index < -0.39 is 10.8 Å². The van der Waals surface area contributed by atoms with Crippen LogP contribution in [0.3, 0.4) is 0 Å². The van der Waals surface area contributed by atoms with E-state index in [1.807, 2.05) is 24.3 Å². The molecule has 0 fully saturated rings. The van der Waals surface area contributed by atoms with E-state index in [2.05, 4.69) is 19.2 Å². The van der Waals surface area contributed by atoms with Crippen molar-refractivity contribution in [1.82, 2.24) is 0 Å². The second-order valence-electron chi connectivity index (χ2n) is 5.31. The molecule has 120 valence electrons. The monoisotopic (exact) mass is 332 g/mol. The lowest BCUT2D eigenvalue weighted by molar-refractivity contribution is -0.384. The lowest BCUT2D eigenvalue weighted by Gasteiger charge is -2.10. The molecule has 0 aliphatic rings. The summed E-state index contributed by atoms with van der Waals surface area (Å²) in [6, 6.07) is 11.6. The first kappa shape index (κ1) is 17.0. The van der Waals surface area contributed by atoms with Crippen molar-refractivity contribution in [3.8, 4) is 0 Å². The summed E-state index contributed by atoms with van der Waals surface area (Å²) >= 11 is 5.74. The number of carbonyl (C=O) groups excluding carboxylic acids is 1. The highest BCUT2D eigenvalue weighted by Gasteiger charge is 2.16. The van der Waals surface area contributed by atoms with Gasteiger partial charge in [0.25, 0.3) is 11.6 Å². The third-order valence-corrected chi connectivity index (χ3v) is 4.07. The van der Waals surface area contributed by atoms with Crippen LogP contribution in [-0.2, 0) is 0 Å². The average molecular weight is 333 g/mol. The standard InChI is InChI=1S/C17H17ClN2O3/c1-3-11(2)12-4-7-14(8-5-12)19-17(21)13-6-9-15(18)16(10-13)20(22)23/h4-11H,3H2,1-2H3,(H,19,21)/t11-/m1/s1. The SMILES string of the molecule is CC[C@@H](C)c1ccc(NC(=O)c2ccc(Cl)c([N+](=O)[O-])c2)cc1. The minimum Gasteiger partial charge on any atom is -0.322 e. The number of amides is 1. The van der Waals surface area contributed by atoms with Crippen LogP contribution in [0.5, 0.6) is 0 Å². The molecule has 0 aliphatic heterocycles. The number of hydrogen-bond donors (Lipinski definition) is 1. The molecule has 0 aromatic heterocycles. The molecule has 2 rings (SSSR count). The van der Waals surface area contributed by atoms with Gasteiger partial charge in [-0.05, 0) is 42.2 Å². The smallest absolute Gasteiger partial charge is 0.288 e. The average Bonchev–Trinajstić information content (AvgIpc) is 2.54. The Labute approximate surface area is 139 Å². The van der Waals surface area contributed by atoms with E-state index in [1.165, 1.54) is 23.8 Å². The molecule has 0 bridgehead atoms. The van der Waals surface area contributed by atoms with Gasteiger partial charge in [0.05, 0.1) is 4.92 Å². The van der Waals surface area contributed by atoms with Gasteiger partial charge in [-0.3, -0.25) is 14.9 Å². The van der Waals surface area contributed by atoms with Crippen LogP contribution in [0.4, 0.5) is 11.4 Å². The van der Waals surface area contributed by atoms with Crippen molar-refractivity contribution in [2.45, 2.75) is 26.2 Å². The summed E-state index contributed by atoms with van der Waals surface area (Å²) in [6.07, 6.45) is 1.04. The van der Waals surface area contributed by atoms with Gasteiger partial charge in [-0.15, -0.1) is 0 Å². The minimum atomic E-state index is -0.611. The van der Waals surface area contributed by atoms with Gasteiger partial charge in [-0.25, -0.2) is 0 Å². The number of nitro benzene ring substituents is 1. The predicted molar refractivity (Wildman–Crippen MR) is 91.2 cm³/mol. The van der Waals surface area contributed by atoms with Crippen LogP contribution in [0.25, 0.3) is 0 Å². The lowest BCUT2D eigenvalue weighted by Crippen LogP contribution is -2.12. The number of rotatable bonds is 5. The van der Waals surface area contributed by atoms with Crippen molar-refractivity contribution in [2.75, 3.05) is 5.32 Å². The molecule has 0 saturated heterocycles. The van der Waals surface area contributed by atoms with Gasteiger partial charge in [0.1, 0.15) is 5.02 Å². The van der Waals surface area contributed by atoms with Gasteiger partial charge < -0.3 is 5.32 Å². The number of nitrogens with zero attached hydrogens (tertiary/aromatic N) is 1. The van der Waals surface area contributed by atoms with Crippen LogP contribution in [0.15, 0.2) is 42.5 Å². The molecule has 0 unspecified atom stereocenters. The fourth-order valence-corrected chi connectivity index (χ4v) is 2.31. The van der Waals surface area contributed by atoms with Crippen molar-refractivity contribution in [2.24, 2.45) is 0 Å². The zero-order valence-corrected chi connectivity index (χ0v) is 13.6. The third kappa shape index (κ3) is 4.07. The molecule has 1 atom stereocenters. The largest absolute Gasteiger partial charge is 0.322 e. The molecule has 1 N–H and O–H groups in total. The van der Waals surface area contributed by atoms with E-state index in [1.54, 1.807) is 0 Å². The number of hydrogen-bond acceptors (Lipinski definition) is 3. The molecule has 0 heterocycles. The molecule has 2 aromatic carbocycles. The Morgan fingerprint density at radius 3 is 2.48 bits per heavy atom. The molecule has 0 spiro atoms. The fourth-order valence-electron chi connectivity index (χ4n) is 2.13. The highest BCUT2D eigenvalue weighted by atomic mass is 35.5. The molecule has 1 amide bonds. The third-order valence-electron chi connectivity index (χ3n) is 3.75. The Morgan fingerprint density at radius 1 is 1.26 bits per heavy atom. The maximum atomic E-state index is 12.2. The van der Waals surface area contributed by atoms with Crippen LogP contribution in [0.1, 0.15) is 42.1 Å². The highest BCUT2D eigenvalue weighted by molar-refractivity contribution is 6.32. The number of benzene rings is 2. The normalized spacial score (nSPS) is 11.8. The van der Waals surface area contributed by atoms with E-state index in [0.29, 0.717) is 11.6 Å². The first-order valence-corrected chi connectivity index (χ1v) is 7.65. The summed E-state index contributed by atoms with van der Waals surface area (Å²) in [5, 5.41) is 13.6. The van der Waals surface area contributed by atoms with Crippen molar-refractivity contribution in [3.05, 3.63) is 68.7 Å². The molecule has 23 heavy (non-hydrogen) atoms. The zero-order valence-electron chi connectivity index (χ0n) is 12.9. The summed E-state index contributed by atoms with van der Waals surface area (Å²) in [7, 11) is 0. The van der Waals surface area contributed by atoms with Gasteiger partial charge in [0, 0.05) is 17.3 Å². The predicted octanol–water partition coefficient (Wildman–Crippen LogP) is 5.01. The molecular weight excluding hydrogens is 316 g/mol. The van der Waals surface area contributed by atoms with Gasteiger partial charge in [0.2, 0.25) is 0 Å². The fraction of sp³-hybridized carbons (Fsp3) is 0.235. The van der Waals surface area contributed by atoms with E-state index in [0.717, 1.165) is 6.42 Å². The Kier molecular flexibility index (Phi) is 5.34. The van der Waals surface area contributed by atoms with Gasteiger partial charge in [-0.2, -0.15) is 0 Å². The first-order valence-electron chi connectivity index (χ1n) is 7.27. The maximum Gasteiger partial charge on any atom is 0.288 e. The first-order chi connectivity index (χ1) is 10.9. The van der Waals surface area contributed by atoms with E-state index in [9.17, 15) is 14.9 Å². The number of anilines is 1. The molecule has 0 saturated carbocycles. The van der Waals surface area contributed by atoms with E-state index in [-0.39, 0.29) is 16.3 Å². The summed E-state index contributed by atoms with van der Waals surface area (Å²) in [5.41, 5.74) is 1.74. The van der Waals surface area contributed by atoms with Crippen LogP contribution in [-0.4, -0.2) is 10.8 Å². The number of halogens is 1. The molecule has 2 aromatic rings. The molecule has 6 heteroatoms. The van der Waals surface area contributed by atoms with Crippen LogP contribution < -0.4 is 5.32 Å². The number of nitro groups is 1. The van der Waals surface area contributed by atoms with Gasteiger partial charge in [-0.1, -0.05) is 37.6 Å². The maximum absolute atomic E-state index is 12.2. The summed E-state index contributed by atoms with van der Waals surface area (Å²) < 4.78 is 0. The van der Waals surface area contributed by atoms with Gasteiger partial charge >= 0.3 is 0 Å². The molecule has 0 aliphatic carbocycles. The highest BCUT2D eigenvalue weighted by Crippen LogP contribution is 2.26. The van der Waals surface area contributed by atoms with Crippen LogP contribution in [0.2, 0.25) is 5.02 Å². The van der Waals surface area contributed by atoms with Crippen molar-refractivity contribution in [3.63, 3.8) is 0 Å². The van der Waals surface area contributed by atoms with Crippen LogP contribution in [0, 0.1) is 10.1 Å². The number of carbonyl (C=O) groups is 1. The summed E-state index contributed by atoms with van der Waals surface area (Å²) in [5.74, 6) is 0.0414. The second-order valence-corrected chi connectivity index (χ2v) is 5.72. The summed E-state index contributed by atoms with van der Waals surface area (Å²) in [4.78, 5) is 22.5. The van der Waals surface area contributed by atoms with Gasteiger partial charge in [0.15, 0.2) is 0 Å². The Balaban J connectivity index is 2.16. The Bertz CT molecular complexity index is 729. The van der Waals surface area contributed by atoms with Crippen LogP contribution >= 0.6 is 11.6 Å². The van der Waals surface area contributed by atoms with Crippen molar-refractivity contribution < 1.29 is 9.72 Å². The van der Waals surface area contributed by atoms with E-state index in [4.69, 9.17) is 11.6 Å². The Hall–Kier alpha value is -2.40. The van der Waals surface area contributed by atoms with Crippen molar-refractivity contribution in [1.29, 1.82) is 0 Å². The molecule has 5 nitrogen and oxygen atoms in total. The lowest BCUT2D eigenvalue weighted by atomic mass is 9.98.